The predicted molar refractivity (Wildman–Crippen MR) is 93.2 cm³/mol. The van der Waals surface area contributed by atoms with Gasteiger partial charge in [-0.05, 0) is 37.1 Å². The van der Waals surface area contributed by atoms with Crippen LogP contribution in [0.4, 0.5) is 10.3 Å². The first-order valence-corrected chi connectivity index (χ1v) is 8.39. The van der Waals surface area contributed by atoms with Gasteiger partial charge >= 0.3 is 0 Å². The molecular formula is C19H19FN4O. The molecule has 1 aliphatic rings. The molecule has 2 atom stereocenters. The van der Waals surface area contributed by atoms with Crippen molar-refractivity contribution in [1.29, 1.82) is 0 Å². The minimum Gasteiger partial charge on any atom is -0.494 e. The van der Waals surface area contributed by atoms with Crippen LogP contribution in [-0.2, 0) is 0 Å². The van der Waals surface area contributed by atoms with E-state index in [-0.39, 0.29) is 17.9 Å². The second kappa shape index (κ2) is 6.55. The van der Waals surface area contributed by atoms with E-state index in [1.54, 1.807) is 6.33 Å². The molecule has 1 N–H and O–H groups in total. The molecule has 0 fully saturated rings. The second-order valence-corrected chi connectivity index (χ2v) is 6.00. The number of ether oxygens (including phenoxy) is 1. The summed E-state index contributed by atoms with van der Waals surface area (Å²) >= 11 is 0. The molecule has 0 radical (unpaired) electrons. The third-order valence-electron chi connectivity index (χ3n) is 4.48. The van der Waals surface area contributed by atoms with Crippen LogP contribution in [-0.4, -0.2) is 21.4 Å². The molecule has 0 spiro atoms. The van der Waals surface area contributed by atoms with E-state index in [2.05, 4.69) is 21.5 Å². The summed E-state index contributed by atoms with van der Waals surface area (Å²) in [6.07, 6.45) is 2.32. The zero-order valence-electron chi connectivity index (χ0n) is 13.9. The summed E-state index contributed by atoms with van der Waals surface area (Å²) in [6.45, 7) is 2.58. The highest BCUT2D eigenvalue weighted by Crippen LogP contribution is 2.40. The average molecular weight is 338 g/mol. The molecule has 4 rings (SSSR count). The third-order valence-corrected chi connectivity index (χ3v) is 4.48. The van der Waals surface area contributed by atoms with E-state index in [1.165, 1.54) is 12.1 Å². The Labute approximate surface area is 145 Å². The van der Waals surface area contributed by atoms with Crippen molar-refractivity contribution >= 4 is 5.95 Å². The van der Waals surface area contributed by atoms with Crippen LogP contribution in [0.25, 0.3) is 0 Å². The lowest BCUT2D eigenvalue weighted by Gasteiger charge is -2.32. The van der Waals surface area contributed by atoms with E-state index >= 15 is 0 Å². The fourth-order valence-corrected chi connectivity index (χ4v) is 3.34. The van der Waals surface area contributed by atoms with Crippen LogP contribution in [0, 0.1) is 5.82 Å². The zero-order chi connectivity index (χ0) is 17.2. The number of halogens is 1. The molecule has 5 nitrogen and oxygen atoms in total. The SMILES string of the molecule is CCOc1ccccc1[C@H]1C[C@@H](c2ccc(F)cc2)Nc2ncnn21. The lowest BCUT2D eigenvalue weighted by molar-refractivity contribution is 0.325. The van der Waals surface area contributed by atoms with Crippen molar-refractivity contribution < 1.29 is 9.13 Å². The van der Waals surface area contributed by atoms with Crippen LogP contribution in [0.1, 0.15) is 36.6 Å². The lowest BCUT2D eigenvalue weighted by atomic mass is 9.93. The van der Waals surface area contributed by atoms with Crippen molar-refractivity contribution in [2.24, 2.45) is 0 Å². The number of nitrogens with zero attached hydrogens (tertiary/aromatic N) is 3. The maximum absolute atomic E-state index is 13.3. The molecule has 2 aromatic carbocycles. The third kappa shape index (κ3) is 2.95. The summed E-state index contributed by atoms with van der Waals surface area (Å²) in [6, 6.07) is 14.6. The van der Waals surface area contributed by atoms with E-state index in [0.717, 1.165) is 23.3 Å². The minimum atomic E-state index is -0.235. The first-order chi connectivity index (χ1) is 12.3. The normalized spacial score (nSPS) is 19.1. The Bertz CT molecular complexity index is 862. The first kappa shape index (κ1) is 15.6. The molecule has 2 heterocycles. The van der Waals surface area contributed by atoms with Gasteiger partial charge in [0.05, 0.1) is 18.7 Å². The number of nitrogens with one attached hydrogen (secondary N) is 1. The summed E-state index contributed by atoms with van der Waals surface area (Å²) in [5, 5.41) is 7.78. The number of hydrogen-bond acceptors (Lipinski definition) is 4. The van der Waals surface area contributed by atoms with Gasteiger partial charge in [0.1, 0.15) is 17.9 Å². The molecule has 6 heteroatoms. The number of rotatable bonds is 4. The van der Waals surface area contributed by atoms with Crippen molar-refractivity contribution in [3.8, 4) is 5.75 Å². The van der Waals surface area contributed by atoms with Gasteiger partial charge in [0, 0.05) is 5.56 Å². The Hall–Kier alpha value is -2.89. The molecule has 25 heavy (non-hydrogen) atoms. The molecular weight excluding hydrogens is 319 g/mol. The maximum atomic E-state index is 13.3. The van der Waals surface area contributed by atoms with Crippen LogP contribution in [0.5, 0.6) is 5.75 Å². The lowest BCUT2D eigenvalue weighted by Crippen LogP contribution is -2.28. The summed E-state index contributed by atoms with van der Waals surface area (Å²) in [4.78, 5) is 4.33. The van der Waals surface area contributed by atoms with Gasteiger partial charge in [0.15, 0.2) is 0 Å². The molecule has 0 unspecified atom stereocenters. The molecule has 0 amide bonds. The van der Waals surface area contributed by atoms with E-state index < -0.39 is 0 Å². The number of fused-ring (bicyclic) bond motifs is 1. The monoisotopic (exact) mass is 338 g/mol. The van der Waals surface area contributed by atoms with Crippen molar-refractivity contribution in [1.82, 2.24) is 14.8 Å². The van der Waals surface area contributed by atoms with Crippen LogP contribution < -0.4 is 10.1 Å². The Balaban J connectivity index is 1.74. The van der Waals surface area contributed by atoms with E-state index in [9.17, 15) is 4.39 Å². The number of hydrogen-bond donors (Lipinski definition) is 1. The highest BCUT2D eigenvalue weighted by molar-refractivity contribution is 5.42. The fourth-order valence-electron chi connectivity index (χ4n) is 3.34. The smallest absolute Gasteiger partial charge is 0.222 e. The largest absolute Gasteiger partial charge is 0.494 e. The maximum Gasteiger partial charge on any atom is 0.222 e. The Morgan fingerprint density at radius 3 is 2.80 bits per heavy atom. The van der Waals surface area contributed by atoms with E-state index in [0.29, 0.717) is 12.6 Å². The van der Waals surface area contributed by atoms with Gasteiger partial charge in [0.2, 0.25) is 5.95 Å². The quantitative estimate of drug-likeness (QED) is 0.782. The molecule has 1 aromatic heterocycles. The Morgan fingerprint density at radius 2 is 2.00 bits per heavy atom. The highest BCUT2D eigenvalue weighted by atomic mass is 19.1. The number of para-hydroxylation sites is 1. The van der Waals surface area contributed by atoms with Crippen LogP contribution >= 0.6 is 0 Å². The molecule has 1 aliphatic heterocycles. The Morgan fingerprint density at radius 1 is 1.20 bits per heavy atom. The number of anilines is 1. The molecule has 0 aliphatic carbocycles. The van der Waals surface area contributed by atoms with Crippen LogP contribution in [0.3, 0.4) is 0 Å². The summed E-state index contributed by atoms with van der Waals surface area (Å²) in [7, 11) is 0. The van der Waals surface area contributed by atoms with Gasteiger partial charge < -0.3 is 10.1 Å². The van der Waals surface area contributed by atoms with Gasteiger partial charge in [-0.2, -0.15) is 10.1 Å². The molecule has 128 valence electrons. The van der Waals surface area contributed by atoms with Gasteiger partial charge in [-0.3, -0.25) is 0 Å². The van der Waals surface area contributed by atoms with Crippen LogP contribution in [0.2, 0.25) is 0 Å². The Kier molecular flexibility index (Phi) is 4.09. The van der Waals surface area contributed by atoms with Gasteiger partial charge in [0.25, 0.3) is 0 Å². The van der Waals surface area contributed by atoms with Gasteiger partial charge in [-0.15, -0.1) is 0 Å². The van der Waals surface area contributed by atoms with Crippen LogP contribution in [0.15, 0.2) is 54.9 Å². The molecule has 0 bridgehead atoms. The van der Waals surface area contributed by atoms with Crippen molar-refractivity contribution in [2.75, 3.05) is 11.9 Å². The van der Waals surface area contributed by atoms with Crippen molar-refractivity contribution in [3.63, 3.8) is 0 Å². The van der Waals surface area contributed by atoms with Crippen molar-refractivity contribution in [2.45, 2.75) is 25.4 Å². The van der Waals surface area contributed by atoms with Gasteiger partial charge in [-0.25, -0.2) is 9.07 Å². The predicted octanol–water partition coefficient (Wildman–Crippen LogP) is 3.96. The topological polar surface area (TPSA) is 52.0 Å². The average Bonchev–Trinajstić information content (AvgIpc) is 3.11. The zero-order valence-corrected chi connectivity index (χ0v) is 13.9. The number of aromatic nitrogens is 3. The first-order valence-electron chi connectivity index (χ1n) is 8.39. The van der Waals surface area contributed by atoms with Gasteiger partial charge in [-0.1, -0.05) is 30.3 Å². The second-order valence-electron chi connectivity index (χ2n) is 6.00. The molecule has 3 aromatic rings. The number of benzene rings is 2. The van der Waals surface area contributed by atoms with Crippen molar-refractivity contribution in [3.05, 3.63) is 71.8 Å². The molecule has 0 saturated carbocycles. The standard InChI is InChI=1S/C19H19FN4O/c1-2-25-18-6-4-3-5-15(18)17-11-16(13-7-9-14(20)10-8-13)23-19-21-12-22-24(17)19/h3-10,12,16-17H,2,11H2,1H3,(H,21,22,23)/t16-,17+/m0/s1. The molecule has 0 saturated heterocycles. The van der Waals surface area contributed by atoms with E-state index in [4.69, 9.17) is 4.74 Å². The summed E-state index contributed by atoms with van der Waals surface area (Å²) in [5.74, 6) is 1.33. The fraction of sp³-hybridized carbons (Fsp3) is 0.263. The van der Waals surface area contributed by atoms with E-state index in [1.807, 2.05) is 41.9 Å². The minimum absolute atomic E-state index is 0.00319. The highest BCUT2D eigenvalue weighted by Gasteiger charge is 2.31. The summed E-state index contributed by atoms with van der Waals surface area (Å²) < 4.78 is 21.0. The summed E-state index contributed by atoms with van der Waals surface area (Å²) in [5.41, 5.74) is 2.10.